The smallest absolute Gasteiger partial charge is 0.267 e. The number of rotatable bonds is 5. The third-order valence-electron chi connectivity index (χ3n) is 4.60. The van der Waals surface area contributed by atoms with Crippen molar-refractivity contribution >= 4 is 5.91 Å². The predicted octanol–water partition coefficient (Wildman–Crippen LogP) is 3.41. The number of carbonyl (C=O) groups is 1. The maximum absolute atomic E-state index is 13.2. The molecule has 0 bridgehead atoms. The minimum atomic E-state index is -1.20. The molecule has 0 unspecified atom stereocenters. The zero-order valence-corrected chi connectivity index (χ0v) is 16.1. The van der Waals surface area contributed by atoms with E-state index < -0.39 is 5.54 Å². The van der Waals surface area contributed by atoms with Crippen LogP contribution in [0.15, 0.2) is 65.5 Å². The van der Waals surface area contributed by atoms with Crippen LogP contribution >= 0.6 is 0 Å². The molecule has 2 aromatic carbocycles. The number of hydrogen-bond donors (Lipinski definition) is 1. The number of benzene rings is 2. The number of aromatic nitrogens is 2. The average molecular weight is 379 g/mol. The molecule has 0 saturated heterocycles. The summed E-state index contributed by atoms with van der Waals surface area (Å²) in [6.07, 6.45) is 0. The maximum atomic E-state index is 13.2. The molecule has 0 fully saturated rings. The van der Waals surface area contributed by atoms with Gasteiger partial charge >= 0.3 is 0 Å². The highest BCUT2D eigenvalue weighted by Crippen LogP contribution is 2.18. The van der Waals surface area contributed by atoms with Gasteiger partial charge in [-0.15, -0.1) is 0 Å². The summed E-state index contributed by atoms with van der Waals surface area (Å²) in [5.74, 6) is -0.674. The molecule has 1 heterocycles. The van der Waals surface area contributed by atoms with Gasteiger partial charge in [0.05, 0.1) is 5.69 Å². The molecule has 3 rings (SSSR count). The molecular weight excluding hydrogens is 357 g/mol. The van der Waals surface area contributed by atoms with E-state index in [9.17, 15) is 14.0 Å². The Labute approximate surface area is 162 Å². The van der Waals surface area contributed by atoms with Crippen molar-refractivity contribution in [1.29, 1.82) is 0 Å². The lowest BCUT2D eigenvalue weighted by molar-refractivity contribution is -0.129. The number of carbonyl (C=O) groups excluding carboxylic acids is 1. The van der Waals surface area contributed by atoms with Gasteiger partial charge in [-0.25, -0.2) is 9.07 Å². The summed E-state index contributed by atoms with van der Waals surface area (Å²) in [6, 6.07) is 16.6. The Morgan fingerprint density at radius 1 is 1.04 bits per heavy atom. The summed E-state index contributed by atoms with van der Waals surface area (Å²) in [5.41, 5.74) is 1.67. The summed E-state index contributed by atoms with van der Waals surface area (Å²) < 4.78 is 14.3. The van der Waals surface area contributed by atoms with Crippen molar-refractivity contribution in [2.45, 2.75) is 32.9 Å². The Kier molecular flexibility index (Phi) is 5.40. The lowest BCUT2D eigenvalue weighted by Crippen LogP contribution is -2.49. The van der Waals surface area contributed by atoms with Crippen molar-refractivity contribution in [3.8, 4) is 11.3 Å². The first-order valence-electron chi connectivity index (χ1n) is 8.98. The Morgan fingerprint density at radius 3 is 2.32 bits per heavy atom. The van der Waals surface area contributed by atoms with Crippen molar-refractivity contribution < 1.29 is 9.18 Å². The lowest BCUT2D eigenvalue weighted by Gasteiger charge is -2.25. The van der Waals surface area contributed by atoms with E-state index in [1.807, 2.05) is 31.2 Å². The molecule has 0 atom stereocenters. The summed E-state index contributed by atoms with van der Waals surface area (Å²) in [5, 5.41) is 7.22. The van der Waals surface area contributed by atoms with E-state index in [-0.39, 0.29) is 17.3 Å². The molecule has 0 aliphatic rings. The molecule has 1 aromatic heterocycles. The van der Waals surface area contributed by atoms with E-state index in [2.05, 4.69) is 10.4 Å². The van der Waals surface area contributed by atoms with Gasteiger partial charge in [0.15, 0.2) is 0 Å². The standard InChI is InChI=1S/C22H22FN3O2/c1-15-4-6-16(7-5-15)14-24-21(28)22(2,3)26-20(27)13-12-19(25-26)17-8-10-18(23)11-9-17/h4-13H,14H2,1-3H3,(H,24,28). The summed E-state index contributed by atoms with van der Waals surface area (Å²) in [6.45, 7) is 5.63. The molecule has 3 aromatic rings. The van der Waals surface area contributed by atoms with E-state index >= 15 is 0 Å². The normalized spacial score (nSPS) is 11.3. The number of nitrogens with zero attached hydrogens (tertiary/aromatic N) is 2. The van der Waals surface area contributed by atoms with E-state index in [1.165, 1.54) is 18.2 Å². The zero-order valence-electron chi connectivity index (χ0n) is 16.1. The molecule has 0 saturated carbocycles. The van der Waals surface area contributed by atoms with Crippen LogP contribution in [0.2, 0.25) is 0 Å². The van der Waals surface area contributed by atoms with Crippen molar-refractivity contribution in [2.24, 2.45) is 0 Å². The summed E-state index contributed by atoms with van der Waals surface area (Å²) in [7, 11) is 0. The highest BCUT2D eigenvalue weighted by Gasteiger charge is 2.32. The quantitative estimate of drug-likeness (QED) is 0.739. The lowest BCUT2D eigenvalue weighted by atomic mass is 10.0. The zero-order chi connectivity index (χ0) is 20.3. The SMILES string of the molecule is Cc1ccc(CNC(=O)C(C)(C)n2nc(-c3ccc(F)cc3)ccc2=O)cc1. The topological polar surface area (TPSA) is 64.0 Å². The van der Waals surface area contributed by atoms with Crippen LogP contribution in [0.4, 0.5) is 4.39 Å². The van der Waals surface area contributed by atoms with E-state index in [1.54, 1.807) is 32.0 Å². The highest BCUT2D eigenvalue weighted by molar-refractivity contribution is 5.83. The van der Waals surface area contributed by atoms with Gasteiger partial charge in [0.2, 0.25) is 5.91 Å². The van der Waals surface area contributed by atoms with Crippen LogP contribution < -0.4 is 10.9 Å². The van der Waals surface area contributed by atoms with Gasteiger partial charge in [-0.1, -0.05) is 29.8 Å². The molecule has 6 heteroatoms. The van der Waals surface area contributed by atoms with E-state index in [0.717, 1.165) is 15.8 Å². The molecule has 5 nitrogen and oxygen atoms in total. The number of hydrogen-bond acceptors (Lipinski definition) is 3. The van der Waals surface area contributed by atoms with Crippen LogP contribution in [0.3, 0.4) is 0 Å². The van der Waals surface area contributed by atoms with Gasteiger partial charge in [-0.05, 0) is 56.7 Å². The first-order valence-corrected chi connectivity index (χ1v) is 8.98. The second-order valence-corrected chi connectivity index (χ2v) is 7.20. The second kappa shape index (κ2) is 7.76. The van der Waals surface area contributed by atoms with Crippen molar-refractivity contribution in [3.63, 3.8) is 0 Å². The molecule has 0 aliphatic carbocycles. The van der Waals surface area contributed by atoms with Gasteiger partial charge in [-0.3, -0.25) is 9.59 Å². The van der Waals surface area contributed by atoms with Crippen molar-refractivity contribution in [2.75, 3.05) is 0 Å². The monoisotopic (exact) mass is 379 g/mol. The Balaban J connectivity index is 1.84. The van der Waals surface area contributed by atoms with Crippen molar-refractivity contribution in [3.05, 3.63) is 88.0 Å². The van der Waals surface area contributed by atoms with Crippen LogP contribution in [-0.2, 0) is 16.9 Å². The van der Waals surface area contributed by atoms with Crippen LogP contribution in [0.5, 0.6) is 0 Å². The van der Waals surface area contributed by atoms with Crippen LogP contribution in [-0.4, -0.2) is 15.7 Å². The van der Waals surface area contributed by atoms with E-state index in [4.69, 9.17) is 0 Å². The highest BCUT2D eigenvalue weighted by atomic mass is 19.1. The third kappa shape index (κ3) is 4.17. The van der Waals surface area contributed by atoms with Gasteiger partial charge in [0, 0.05) is 18.2 Å². The average Bonchev–Trinajstić information content (AvgIpc) is 2.68. The Morgan fingerprint density at radius 2 is 1.68 bits per heavy atom. The summed E-state index contributed by atoms with van der Waals surface area (Å²) in [4.78, 5) is 25.2. The van der Waals surface area contributed by atoms with Crippen LogP contribution in [0, 0.1) is 12.7 Å². The molecule has 1 amide bonds. The van der Waals surface area contributed by atoms with Crippen molar-refractivity contribution in [1.82, 2.24) is 15.1 Å². The van der Waals surface area contributed by atoms with Gasteiger partial charge in [-0.2, -0.15) is 5.10 Å². The van der Waals surface area contributed by atoms with Gasteiger partial charge in [0.1, 0.15) is 11.4 Å². The second-order valence-electron chi connectivity index (χ2n) is 7.20. The number of nitrogens with one attached hydrogen (secondary N) is 1. The molecular formula is C22H22FN3O2. The maximum Gasteiger partial charge on any atom is 0.267 e. The number of halogens is 1. The molecule has 0 spiro atoms. The molecule has 28 heavy (non-hydrogen) atoms. The predicted molar refractivity (Wildman–Crippen MR) is 106 cm³/mol. The fraction of sp³-hybridized carbons (Fsp3) is 0.227. The molecule has 0 radical (unpaired) electrons. The van der Waals surface area contributed by atoms with Gasteiger partial charge in [0.25, 0.3) is 5.56 Å². The molecule has 144 valence electrons. The first-order chi connectivity index (χ1) is 13.3. The van der Waals surface area contributed by atoms with E-state index in [0.29, 0.717) is 17.8 Å². The minimum Gasteiger partial charge on any atom is -0.350 e. The third-order valence-corrected chi connectivity index (χ3v) is 4.60. The fourth-order valence-electron chi connectivity index (χ4n) is 2.79. The first kappa shape index (κ1) is 19.5. The molecule has 1 N–H and O–H groups in total. The number of amides is 1. The summed E-state index contributed by atoms with van der Waals surface area (Å²) >= 11 is 0. The Hall–Kier alpha value is -3.28. The Bertz CT molecular complexity index is 1040. The van der Waals surface area contributed by atoms with Crippen LogP contribution in [0.25, 0.3) is 11.3 Å². The largest absolute Gasteiger partial charge is 0.350 e. The minimum absolute atomic E-state index is 0.320. The van der Waals surface area contributed by atoms with Crippen LogP contribution in [0.1, 0.15) is 25.0 Å². The van der Waals surface area contributed by atoms with Gasteiger partial charge < -0.3 is 5.32 Å². The fourth-order valence-corrected chi connectivity index (χ4v) is 2.79. The molecule has 0 aliphatic heterocycles. The number of aryl methyl sites for hydroxylation is 1.